The second-order valence-electron chi connectivity index (χ2n) is 3.71. The maximum Gasteiger partial charge on any atom is 0.264 e. The fourth-order valence-electron chi connectivity index (χ4n) is 1.40. The Balaban J connectivity index is 0.000000423. The van der Waals surface area contributed by atoms with Crippen molar-refractivity contribution in [1.82, 2.24) is 0 Å². The fourth-order valence-corrected chi connectivity index (χ4v) is 1.84. The van der Waals surface area contributed by atoms with Crippen molar-refractivity contribution < 1.29 is 17.4 Å². The first-order chi connectivity index (χ1) is 6.99. The van der Waals surface area contributed by atoms with Crippen molar-refractivity contribution in [1.29, 1.82) is 0 Å². The van der Waals surface area contributed by atoms with Crippen LogP contribution in [0.1, 0.15) is 39.0 Å². The topological polar surface area (TPSA) is 60.4 Å². The normalized spacial score (nSPS) is 16.9. The molecule has 1 rings (SSSR count). The minimum absolute atomic E-state index is 0.388. The molecule has 5 heteroatoms. The van der Waals surface area contributed by atoms with E-state index in [1.165, 1.54) is 12.8 Å². The Bertz CT molecular complexity index is 253. The predicted molar refractivity (Wildman–Crippen MR) is 59.1 cm³/mol. The van der Waals surface area contributed by atoms with Gasteiger partial charge in [-0.25, -0.2) is 0 Å². The molecule has 0 saturated heterocycles. The zero-order valence-corrected chi connectivity index (χ0v) is 10.3. The van der Waals surface area contributed by atoms with Crippen LogP contribution in [-0.4, -0.2) is 27.6 Å². The zero-order chi connectivity index (χ0) is 11.7. The third kappa shape index (κ3) is 9.87. The van der Waals surface area contributed by atoms with Gasteiger partial charge in [-0.15, -0.1) is 0 Å². The highest BCUT2D eigenvalue weighted by Gasteiger charge is 2.16. The number of rotatable bonds is 4. The summed E-state index contributed by atoms with van der Waals surface area (Å²) >= 11 is 0. The Hall–Kier alpha value is -0.420. The Morgan fingerprint density at radius 1 is 1.33 bits per heavy atom. The van der Waals surface area contributed by atoms with E-state index in [1.807, 2.05) is 6.92 Å². The van der Waals surface area contributed by atoms with Crippen molar-refractivity contribution in [3.05, 3.63) is 0 Å². The molecule has 1 saturated carbocycles. The van der Waals surface area contributed by atoms with Crippen molar-refractivity contribution in [2.75, 3.05) is 12.9 Å². The minimum Gasteiger partial charge on any atom is -0.303 e. The van der Waals surface area contributed by atoms with Gasteiger partial charge in [0.15, 0.2) is 0 Å². The van der Waals surface area contributed by atoms with E-state index in [1.54, 1.807) is 0 Å². The lowest BCUT2D eigenvalue weighted by molar-refractivity contribution is -0.107. The summed E-state index contributed by atoms with van der Waals surface area (Å²) in [5, 5.41) is 0. The predicted octanol–water partition coefficient (Wildman–Crippen LogP) is 1.75. The molecule has 1 fully saturated rings. The Kier molecular flexibility index (Phi) is 7.60. The first-order valence-corrected chi connectivity index (χ1v) is 7.09. The third-order valence-electron chi connectivity index (χ3n) is 2.16. The van der Waals surface area contributed by atoms with Crippen LogP contribution in [0.15, 0.2) is 0 Å². The van der Waals surface area contributed by atoms with Gasteiger partial charge in [-0.2, -0.15) is 8.42 Å². The van der Waals surface area contributed by atoms with Crippen LogP contribution in [0.4, 0.5) is 0 Å². The molecule has 0 N–H and O–H groups in total. The molecule has 0 amide bonds. The lowest BCUT2D eigenvalue weighted by Gasteiger charge is -2.06. The molecule has 0 spiro atoms. The van der Waals surface area contributed by atoms with E-state index in [-0.39, 0.29) is 0 Å². The van der Waals surface area contributed by atoms with Gasteiger partial charge in [0, 0.05) is 6.42 Å². The van der Waals surface area contributed by atoms with E-state index < -0.39 is 10.1 Å². The average Bonchev–Trinajstić information content (AvgIpc) is 2.66. The van der Waals surface area contributed by atoms with Crippen LogP contribution in [0, 0.1) is 5.92 Å². The first-order valence-electron chi connectivity index (χ1n) is 5.27. The number of carbonyl (C=O) groups excluding carboxylic acids is 1. The molecule has 4 nitrogen and oxygen atoms in total. The van der Waals surface area contributed by atoms with Crippen LogP contribution in [0.3, 0.4) is 0 Å². The molecule has 0 aromatic rings. The summed E-state index contributed by atoms with van der Waals surface area (Å²) in [6, 6.07) is 0. The van der Waals surface area contributed by atoms with Gasteiger partial charge in [-0.3, -0.25) is 4.18 Å². The second-order valence-corrected chi connectivity index (χ2v) is 5.36. The molecular formula is C10H20O4S. The van der Waals surface area contributed by atoms with Gasteiger partial charge < -0.3 is 4.79 Å². The fraction of sp³-hybridized carbons (Fsp3) is 0.900. The Morgan fingerprint density at radius 2 is 1.80 bits per heavy atom. The molecule has 1 aliphatic carbocycles. The van der Waals surface area contributed by atoms with E-state index in [0.717, 1.165) is 25.4 Å². The van der Waals surface area contributed by atoms with Crippen molar-refractivity contribution in [2.45, 2.75) is 39.0 Å². The van der Waals surface area contributed by atoms with E-state index in [4.69, 9.17) is 0 Å². The smallest absolute Gasteiger partial charge is 0.264 e. The standard InChI is InChI=1S/C7H14O3S.C3H6O/c1-11(8,9)10-6-7-4-2-3-5-7;1-2-3-4/h7H,2-6H2,1H3;3H,2H2,1H3. The molecule has 0 atom stereocenters. The van der Waals surface area contributed by atoms with Crippen LogP contribution >= 0.6 is 0 Å². The lowest BCUT2D eigenvalue weighted by atomic mass is 10.1. The summed E-state index contributed by atoms with van der Waals surface area (Å²) in [5.74, 6) is 0.477. The van der Waals surface area contributed by atoms with Crippen molar-refractivity contribution >= 4 is 16.4 Å². The third-order valence-corrected chi connectivity index (χ3v) is 2.72. The van der Waals surface area contributed by atoms with Crippen molar-refractivity contribution in [3.8, 4) is 0 Å². The monoisotopic (exact) mass is 236 g/mol. The molecule has 1 aliphatic rings. The molecule has 0 bridgehead atoms. The van der Waals surface area contributed by atoms with Gasteiger partial charge in [0.2, 0.25) is 0 Å². The van der Waals surface area contributed by atoms with Gasteiger partial charge in [0.05, 0.1) is 12.9 Å². The Labute approximate surface area is 92.1 Å². The quantitative estimate of drug-likeness (QED) is 0.551. The number of carbonyl (C=O) groups is 1. The summed E-state index contributed by atoms with van der Waals surface area (Å²) in [7, 11) is -3.21. The summed E-state index contributed by atoms with van der Waals surface area (Å²) in [4.78, 5) is 9.17. The van der Waals surface area contributed by atoms with Crippen LogP contribution in [0.5, 0.6) is 0 Å². The SMILES string of the molecule is CCC=O.CS(=O)(=O)OCC1CCCC1. The van der Waals surface area contributed by atoms with Crippen LogP contribution < -0.4 is 0 Å². The minimum atomic E-state index is -3.21. The maximum atomic E-state index is 10.6. The summed E-state index contributed by atoms with van der Waals surface area (Å²) in [5.41, 5.74) is 0. The number of hydrogen-bond acceptors (Lipinski definition) is 4. The van der Waals surface area contributed by atoms with E-state index in [9.17, 15) is 13.2 Å². The maximum absolute atomic E-state index is 10.6. The number of hydrogen-bond donors (Lipinski definition) is 0. The summed E-state index contributed by atoms with van der Waals surface area (Å²) < 4.78 is 25.8. The largest absolute Gasteiger partial charge is 0.303 e. The number of aldehydes is 1. The van der Waals surface area contributed by atoms with Crippen LogP contribution in [-0.2, 0) is 19.1 Å². The van der Waals surface area contributed by atoms with Crippen molar-refractivity contribution in [3.63, 3.8) is 0 Å². The highest BCUT2D eigenvalue weighted by molar-refractivity contribution is 7.85. The zero-order valence-electron chi connectivity index (χ0n) is 9.44. The molecule has 0 radical (unpaired) electrons. The van der Waals surface area contributed by atoms with E-state index >= 15 is 0 Å². The molecule has 0 aromatic heterocycles. The molecular weight excluding hydrogens is 216 g/mol. The molecule has 90 valence electrons. The van der Waals surface area contributed by atoms with Gasteiger partial charge in [0.1, 0.15) is 6.29 Å². The highest BCUT2D eigenvalue weighted by atomic mass is 32.2. The average molecular weight is 236 g/mol. The molecule has 0 heterocycles. The van der Waals surface area contributed by atoms with Crippen LogP contribution in [0.25, 0.3) is 0 Å². The highest BCUT2D eigenvalue weighted by Crippen LogP contribution is 2.24. The Morgan fingerprint density at radius 3 is 2.13 bits per heavy atom. The van der Waals surface area contributed by atoms with Gasteiger partial charge in [0.25, 0.3) is 10.1 Å². The summed E-state index contributed by atoms with van der Waals surface area (Å²) in [6.07, 6.45) is 7.29. The van der Waals surface area contributed by atoms with Crippen molar-refractivity contribution in [2.24, 2.45) is 5.92 Å². The molecule has 0 unspecified atom stereocenters. The lowest BCUT2D eigenvalue weighted by Crippen LogP contribution is -2.10. The molecule has 0 aromatic carbocycles. The van der Waals surface area contributed by atoms with Gasteiger partial charge >= 0.3 is 0 Å². The second kappa shape index (κ2) is 7.82. The van der Waals surface area contributed by atoms with Gasteiger partial charge in [-0.1, -0.05) is 19.8 Å². The van der Waals surface area contributed by atoms with Gasteiger partial charge in [-0.05, 0) is 18.8 Å². The van der Waals surface area contributed by atoms with E-state index in [0.29, 0.717) is 18.9 Å². The molecule has 15 heavy (non-hydrogen) atoms. The summed E-state index contributed by atoms with van der Waals surface area (Å²) in [6.45, 7) is 2.20. The molecule has 0 aliphatic heterocycles. The van der Waals surface area contributed by atoms with Crippen LogP contribution in [0.2, 0.25) is 0 Å². The van der Waals surface area contributed by atoms with E-state index in [2.05, 4.69) is 4.18 Å². The first kappa shape index (κ1) is 14.6.